The zero-order chi connectivity index (χ0) is 15.0. The van der Waals surface area contributed by atoms with Gasteiger partial charge >= 0.3 is 6.18 Å². The van der Waals surface area contributed by atoms with Crippen molar-refractivity contribution in [2.45, 2.75) is 17.3 Å². The zero-order valence-corrected chi connectivity index (χ0v) is 11.9. The average molecular weight is 321 g/mol. The molecule has 0 aliphatic heterocycles. The van der Waals surface area contributed by atoms with Crippen molar-refractivity contribution in [2.24, 2.45) is 0 Å². The van der Waals surface area contributed by atoms with E-state index in [0.717, 1.165) is 17.4 Å². The number of anilines is 1. The van der Waals surface area contributed by atoms with Gasteiger partial charge in [0.05, 0.1) is 5.56 Å². The van der Waals surface area contributed by atoms with Crippen molar-refractivity contribution in [3.05, 3.63) is 46.8 Å². The summed E-state index contributed by atoms with van der Waals surface area (Å²) in [7, 11) is -3.84. The molecule has 0 aliphatic rings. The highest BCUT2D eigenvalue weighted by molar-refractivity contribution is 7.94. The zero-order valence-electron chi connectivity index (χ0n) is 10.2. The fraction of sp³-hybridized carbons (Fsp3) is 0.167. The van der Waals surface area contributed by atoms with E-state index < -0.39 is 21.8 Å². The molecular weight excluding hydrogens is 311 g/mol. The predicted octanol–water partition coefficient (Wildman–Crippen LogP) is 3.88. The molecule has 108 valence electrons. The lowest BCUT2D eigenvalue weighted by atomic mass is 10.1. The number of alkyl halides is 3. The molecule has 0 aliphatic carbocycles. The van der Waals surface area contributed by atoms with E-state index >= 15 is 0 Å². The van der Waals surface area contributed by atoms with Crippen molar-refractivity contribution >= 4 is 27.0 Å². The molecular formula is C12H10F3NO2S2. The van der Waals surface area contributed by atoms with Gasteiger partial charge in [-0.25, -0.2) is 8.42 Å². The number of rotatable bonds is 3. The van der Waals surface area contributed by atoms with Gasteiger partial charge in [-0.1, -0.05) is 12.1 Å². The molecule has 1 heterocycles. The number of nitrogens with one attached hydrogen (secondary N) is 1. The molecule has 0 spiro atoms. The van der Waals surface area contributed by atoms with Crippen molar-refractivity contribution in [1.29, 1.82) is 0 Å². The number of halogens is 3. The third-order valence-corrected chi connectivity index (χ3v) is 5.33. The molecule has 0 fully saturated rings. The fourth-order valence-corrected chi connectivity index (χ4v) is 3.66. The maximum atomic E-state index is 12.8. The summed E-state index contributed by atoms with van der Waals surface area (Å²) in [5.41, 5.74) is -0.934. The molecule has 0 radical (unpaired) electrons. The minimum Gasteiger partial charge on any atom is -0.279 e. The maximum Gasteiger partial charge on any atom is 0.416 e. The molecule has 1 aromatic heterocycles. The molecule has 8 heteroatoms. The van der Waals surface area contributed by atoms with E-state index in [1.54, 1.807) is 11.4 Å². The van der Waals surface area contributed by atoms with Crippen LogP contribution in [0.3, 0.4) is 0 Å². The summed E-state index contributed by atoms with van der Waals surface area (Å²) < 4.78 is 64.3. The number of sulfonamides is 1. The monoisotopic (exact) mass is 321 g/mol. The Labute approximate surface area is 118 Å². The molecule has 1 aromatic carbocycles. The van der Waals surface area contributed by atoms with E-state index in [4.69, 9.17) is 0 Å². The highest BCUT2D eigenvalue weighted by Crippen LogP contribution is 2.34. The van der Waals surface area contributed by atoms with Crippen LogP contribution >= 0.6 is 11.3 Å². The molecule has 0 saturated carbocycles. The second-order valence-electron chi connectivity index (χ2n) is 4.07. The third kappa shape index (κ3) is 3.13. The van der Waals surface area contributed by atoms with Crippen LogP contribution in [0.1, 0.15) is 11.1 Å². The van der Waals surface area contributed by atoms with E-state index in [9.17, 15) is 21.6 Å². The van der Waals surface area contributed by atoms with Gasteiger partial charge < -0.3 is 0 Å². The Morgan fingerprint density at radius 3 is 2.45 bits per heavy atom. The van der Waals surface area contributed by atoms with Crippen molar-refractivity contribution in [3.8, 4) is 0 Å². The summed E-state index contributed by atoms with van der Waals surface area (Å²) in [5.74, 6) is 0. The summed E-state index contributed by atoms with van der Waals surface area (Å²) in [4.78, 5) is 0. The first-order chi connectivity index (χ1) is 9.20. The second kappa shape index (κ2) is 5.10. The standard InChI is InChI=1S/C12H10F3NO2S2/c1-8-4-5-9(7-10(8)12(13,14)15)16-20(17,18)11-3-2-6-19-11/h2-7,16H,1H3. The van der Waals surface area contributed by atoms with E-state index in [1.807, 2.05) is 0 Å². The Morgan fingerprint density at radius 1 is 1.20 bits per heavy atom. The Kier molecular flexibility index (Phi) is 3.79. The number of hydrogen-bond donors (Lipinski definition) is 1. The van der Waals surface area contributed by atoms with Crippen LogP contribution < -0.4 is 4.72 Å². The van der Waals surface area contributed by atoms with Crippen LogP contribution in [-0.4, -0.2) is 8.42 Å². The summed E-state index contributed by atoms with van der Waals surface area (Å²) in [6.45, 7) is 1.32. The van der Waals surface area contributed by atoms with Crippen LogP contribution in [0.25, 0.3) is 0 Å². The van der Waals surface area contributed by atoms with Crippen molar-refractivity contribution in [3.63, 3.8) is 0 Å². The van der Waals surface area contributed by atoms with E-state index in [0.29, 0.717) is 0 Å². The SMILES string of the molecule is Cc1ccc(NS(=O)(=O)c2cccs2)cc1C(F)(F)F. The molecule has 0 bridgehead atoms. The van der Waals surface area contributed by atoms with Gasteiger partial charge in [-0.05, 0) is 36.1 Å². The fourth-order valence-electron chi connectivity index (χ4n) is 1.61. The maximum absolute atomic E-state index is 12.8. The van der Waals surface area contributed by atoms with Gasteiger partial charge in [0.2, 0.25) is 0 Å². The highest BCUT2D eigenvalue weighted by atomic mass is 32.2. The normalized spacial score (nSPS) is 12.4. The van der Waals surface area contributed by atoms with Gasteiger partial charge in [0.15, 0.2) is 0 Å². The van der Waals surface area contributed by atoms with Crippen molar-refractivity contribution in [1.82, 2.24) is 0 Å². The lowest BCUT2D eigenvalue weighted by Gasteiger charge is -2.13. The number of thiophene rings is 1. The first-order valence-corrected chi connectivity index (χ1v) is 7.80. The van der Waals surface area contributed by atoms with Crippen LogP contribution in [0.5, 0.6) is 0 Å². The summed E-state index contributed by atoms with van der Waals surface area (Å²) >= 11 is 0.989. The lowest BCUT2D eigenvalue weighted by molar-refractivity contribution is -0.138. The van der Waals surface area contributed by atoms with Gasteiger partial charge in [0.1, 0.15) is 4.21 Å². The van der Waals surface area contributed by atoms with Gasteiger partial charge in [-0.2, -0.15) is 13.2 Å². The molecule has 0 atom stereocenters. The van der Waals surface area contributed by atoms with Crippen molar-refractivity contribution < 1.29 is 21.6 Å². The largest absolute Gasteiger partial charge is 0.416 e. The van der Waals surface area contributed by atoms with Gasteiger partial charge in [0, 0.05) is 5.69 Å². The number of hydrogen-bond acceptors (Lipinski definition) is 3. The van der Waals surface area contributed by atoms with Crippen LogP contribution in [0.15, 0.2) is 39.9 Å². The Morgan fingerprint density at radius 2 is 1.90 bits per heavy atom. The van der Waals surface area contributed by atoms with Crippen molar-refractivity contribution in [2.75, 3.05) is 4.72 Å². The number of aryl methyl sites for hydroxylation is 1. The number of benzene rings is 1. The minimum atomic E-state index is -4.52. The Bertz CT molecular complexity index is 707. The quantitative estimate of drug-likeness (QED) is 0.932. The summed E-state index contributed by atoms with van der Waals surface area (Å²) in [6, 6.07) is 6.26. The molecule has 0 saturated heterocycles. The van der Waals surface area contributed by atoms with E-state index in [-0.39, 0.29) is 15.5 Å². The first-order valence-electron chi connectivity index (χ1n) is 5.44. The lowest BCUT2D eigenvalue weighted by Crippen LogP contribution is -2.13. The molecule has 0 unspecified atom stereocenters. The Balaban J connectivity index is 2.36. The smallest absolute Gasteiger partial charge is 0.279 e. The summed E-state index contributed by atoms with van der Waals surface area (Å²) in [5, 5.41) is 1.57. The third-order valence-electron chi connectivity index (χ3n) is 2.56. The molecule has 1 N–H and O–H groups in total. The molecule has 0 amide bonds. The van der Waals surface area contributed by atoms with Crippen LogP contribution in [0, 0.1) is 6.92 Å². The second-order valence-corrected chi connectivity index (χ2v) is 6.92. The molecule has 2 aromatic rings. The topological polar surface area (TPSA) is 46.2 Å². The van der Waals surface area contributed by atoms with E-state index in [2.05, 4.69) is 4.72 Å². The van der Waals surface area contributed by atoms with Gasteiger partial charge in [0.25, 0.3) is 10.0 Å². The molecule has 2 rings (SSSR count). The predicted molar refractivity (Wildman–Crippen MR) is 71.3 cm³/mol. The Hall–Kier alpha value is -1.54. The van der Waals surface area contributed by atoms with Gasteiger partial charge in [-0.3, -0.25) is 4.72 Å². The molecule has 3 nitrogen and oxygen atoms in total. The highest BCUT2D eigenvalue weighted by Gasteiger charge is 2.32. The van der Waals surface area contributed by atoms with Crippen LogP contribution in [0.2, 0.25) is 0 Å². The van der Waals surface area contributed by atoms with Crippen LogP contribution in [0.4, 0.5) is 18.9 Å². The van der Waals surface area contributed by atoms with Gasteiger partial charge in [-0.15, -0.1) is 11.3 Å². The van der Waals surface area contributed by atoms with E-state index in [1.165, 1.54) is 25.1 Å². The summed E-state index contributed by atoms with van der Waals surface area (Å²) in [6.07, 6.45) is -4.52. The first kappa shape index (κ1) is 14.9. The molecule has 20 heavy (non-hydrogen) atoms. The average Bonchev–Trinajstić information content (AvgIpc) is 2.84. The van der Waals surface area contributed by atoms with Crippen LogP contribution in [-0.2, 0) is 16.2 Å². The minimum absolute atomic E-state index is 0.0385.